The Morgan fingerprint density at radius 1 is 0.944 bits per heavy atom. The van der Waals surface area contributed by atoms with Crippen molar-refractivity contribution in [3.05, 3.63) is 0 Å². The number of rotatable bonds is 0. The van der Waals surface area contributed by atoms with Crippen LogP contribution in [0.1, 0.15) is 66.2 Å². The molecule has 18 heavy (non-hydrogen) atoms. The molecule has 4 unspecified atom stereocenters. The minimum Gasteiger partial charge on any atom is -0.459 e. The van der Waals surface area contributed by atoms with Gasteiger partial charge in [0.2, 0.25) is 0 Å². The zero-order chi connectivity index (χ0) is 13.0. The molecule has 1 saturated heterocycles. The van der Waals surface area contributed by atoms with Crippen molar-refractivity contribution in [2.24, 2.45) is 21.7 Å². The van der Waals surface area contributed by atoms with Crippen LogP contribution in [0.3, 0.4) is 0 Å². The molecule has 4 atom stereocenters. The van der Waals surface area contributed by atoms with Gasteiger partial charge in [-0.3, -0.25) is 4.79 Å². The van der Waals surface area contributed by atoms with E-state index in [1.807, 2.05) is 0 Å². The summed E-state index contributed by atoms with van der Waals surface area (Å²) < 4.78 is 5.82. The molecule has 0 amide bonds. The van der Waals surface area contributed by atoms with Gasteiger partial charge in [0.25, 0.3) is 0 Å². The number of ether oxygens (including phenoxy) is 1. The van der Waals surface area contributed by atoms with Crippen LogP contribution in [-0.2, 0) is 9.53 Å². The molecule has 0 N–H and O–H groups in total. The molecule has 0 aromatic heterocycles. The smallest absolute Gasteiger partial charge is 0.307 e. The van der Waals surface area contributed by atoms with Crippen LogP contribution in [0.5, 0.6) is 0 Å². The fourth-order valence-corrected chi connectivity index (χ4v) is 7.48. The highest BCUT2D eigenvalue weighted by Gasteiger charge is 2.97. The summed E-state index contributed by atoms with van der Waals surface area (Å²) >= 11 is 0. The molecule has 2 heteroatoms. The molecule has 0 radical (unpaired) electrons. The van der Waals surface area contributed by atoms with Gasteiger partial charge in [-0.15, -0.1) is 0 Å². The van der Waals surface area contributed by atoms with E-state index >= 15 is 0 Å². The Morgan fingerprint density at radius 3 is 2.33 bits per heavy atom. The maximum atomic E-state index is 12.0. The summed E-state index contributed by atoms with van der Waals surface area (Å²) in [6.45, 7) is 9.54. The van der Waals surface area contributed by atoms with Crippen LogP contribution in [0.15, 0.2) is 0 Å². The first-order valence-electron chi connectivity index (χ1n) is 7.48. The second-order valence-corrected chi connectivity index (χ2v) is 8.26. The molecular formula is C16H24O2. The van der Waals surface area contributed by atoms with Crippen molar-refractivity contribution in [1.29, 1.82) is 0 Å². The Kier molecular flexibility index (Phi) is 1.59. The Balaban J connectivity index is 1.95. The third-order valence-corrected chi connectivity index (χ3v) is 7.81. The van der Waals surface area contributed by atoms with Gasteiger partial charge in [0.1, 0.15) is 5.60 Å². The second kappa shape index (κ2) is 2.53. The van der Waals surface area contributed by atoms with E-state index in [1.165, 1.54) is 25.7 Å². The monoisotopic (exact) mass is 248 g/mol. The van der Waals surface area contributed by atoms with Gasteiger partial charge >= 0.3 is 5.97 Å². The Hall–Kier alpha value is -0.530. The van der Waals surface area contributed by atoms with Crippen molar-refractivity contribution < 1.29 is 9.53 Å². The number of carbonyl (C=O) groups is 1. The molecule has 4 fully saturated rings. The predicted octanol–water partition coefficient (Wildman–Crippen LogP) is 3.69. The minimum atomic E-state index is -0.166. The van der Waals surface area contributed by atoms with Gasteiger partial charge in [-0.2, -0.15) is 0 Å². The fourth-order valence-electron chi connectivity index (χ4n) is 7.48. The lowest BCUT2D eigenvalue weighted by atomic mass is 9.62. The molecule has 0 aromatic rings. The van der Waals surface area contributed by atoms with Crippen LogP contribution in [0, 0.1) is 21.7 Å². The molecule has 3 saturated carbocycles. The first kappa shape index (κ1) is 11.3. The van der Waals surface area contributed by atoms with Crippen LogP contribution < -0.4 is 0 Å². The first-order valence-corrected chi connectivity index (χ1v) is 7.48. The lowest BCUT2D eigenvalue weighted by Crippen LogP contribution is -2.34. The zero-order valence-electron chi connectivity index (χ0n) is 12.1. The molecule has 1 heterocycles. The van der Waals surface area contributed by atoms with Gasteiger partial charge in [0, 0.05) is 5.41 Å². The van der Waals surface area contributed by atoms with Crippen LogP contribution in [0.4, 0.5) is 0 Å². The van der Waals surface area contributed by atoms with Crippen molar-refractivity contribution >= 4 is 5.97 Å². The van der Waals surface area contributed by atoms with Crippen LogP contribution >= 0.6 is 0 Å². The zero-order valence-corrected chi connectivity index (χ0v) is 12.1. The van der Waals surface area contributed by atoms with E-state index in [2.05, 4.69) is 27.7 Å². The number of hydrogen-bond donors (Lipinski definition) is 0. The van der Waals surface area contributed by atoms with E-state index in [9.17, 15) is 4.79 Å². The lowest BCUT2D eigenvalue weighted by molar-refractivity contribution is -0.148. The van der Waals surface area contributed by atoms with E-state index in [1.54, 1.807) is 0 Å². The van der Waals surface area contributed by atoms with E-state index in [0.29, 0.717) is 22.7 Å². The van der Waals surface area contributed by atoms with E-state index in [4.69, 9.17) is 4.74 Å². The van der Waals surface area contributed by atoms with Crippen molar-refractivity contribution in [3.63, 3.8) is 0 Å². The third-order valence-electron chi connectivity index (χ3n) is 7.81. The fraction of sp³-hybridized carbons (Fsp3) is 0.938. The summed E-state index contributed by atoms with van der Waals surface area (Å²) in [5, 5.41) is 0. The second-order valence-electron chi connectivity index (χ2n) is 8.26. The standard InChI is InChI=1S/C16H24O2/c1-12(2)6-5-7-13(3)15(12)9-8-14(4)16(13,15)10-11(17)18-14/h5-10H2,1-4H3. The van der Waals surface area contributed by atoms with Crippen molar-refractivity contribution in [2.45, 2.75) is 71.8 Å². The van der Waals surface area contributed by atoms with Gasteiger partial charge in [0.05, 0.1) is 6.42 Å². The SMILES string of the molecule is CC1(C)CCCC2(C)C13CCC1(C)OC(=O)CC123. The summed E-state index contributed by atoms with van der Waals surface area (Å²) in [5.41, 5.74) is 1.07. The topological polar surface area (TPSA) is 26.3 Å². The van der Waals surface area contributed by atoms with Gasteiger partial charge in [-0.25, -0.2) is 0 Å². The van der Waals surface area contributed by atoms with E-state index in [-0.39, 0.29) is 17.0 Å². The Morgan fingerprint density at radius 2 is 1.67 bits per heavy atom. The molecule has 0 bridgehead atoms. The summed E-state index contributed by atoms with van der Waals surface area (Å²) in [4.78, 5) is 12.0. The van der Waals surface area contributed by atoms with E-state index < -0.39 is 0 Å². The Labute approximate surface area is 109 Å². The van der Waals surface area contributed by atoms with Crippen LogP contribution in [0.25, 0.3) is 0 Å². The highest BCUT2D eigenvalue weighted by Crippen LogP contribution is 2.98. The largest absolute Gasteiger partial charge is 0.459 e. The molecule has 100 valence electrons. The van der Waals surface area contributed by atoms with Gasteiger partial charge in [0.15, 0.2) is 0 Å². The predicted molar refractivity (Wildman–Crippen MR) is 69.0 cm³/mol. The molecule has 2 spiro atoms. The molecule has 0 aromatic carbocycles. The van der Waals surface area contributed by atoms with Gasteiger partial charge < -0.3 is 4.74 Å². The molecule has 3 aliphatic carbocycles. The number of esters is 1. The number of carbonyl (C=O) groups excluding carboxylic acids is 1. The summed E-state index contributed by atoms with van der Waals surface area (Å²) in [6.07, 6.45) is 6.95. The first-order chi connectivity index (χ1) is 8.27. The normalized spacial score (nSPS) is 59.7. The average molecular weight is 248 g/mol. The van der Waals surface area contributed by atoms with Crippen molar-refractivity contribution in [1.82, 2.24) is 0 Å². The molecule has 4 rings (SSSR count). The Bertz CT molecular complexity index is 468. The third kappa shape index (κ3) is 0.712. The lowest BCUT2D eigenvalue weighted by Gasteiger charge is -2.42. The summed E-state index contributed by atoms with van der Waals surface area (Å²) in [7, 11) is 0. The van der Waals surface area contributed by atoms with Gasteiger partial charge in [-0.05, 0) is 48.9 Å². The quantitative estimate of drug-likeness (QED) is 0.611. The van der Waals surface area contributed by atoms with Crippen LogP contribution in [-0.4, -0.2) is 11.6 Å². The number of hydrogen-bond acceptors (Lipinski definition) is 2. The van der Waals surface area contributed by atoms with E-state index in [0.717, 1.165) is 6.42 Å². The summed E-state index contributed by atoms with van der Waals surface area (Å²) in [6, 6.07) is 0. The summed E-state index contributed by atoms with van der Waals surface area (Å²) in [5.74, 6) is 0.0583. The van der Waals surface area contributed by atoms with Crippen molar-refractivity contribution in [2.75, 3.05) is 0 Å². The van der Waals surface area contributed by atoms with Crippen LogP contribution in [0.2, 0.25) is 0 Å². The minimum absolute atomic E-state index is 0.0583. The molecular weight excluding hydrogens is 224 g/mol. The maximum absolute atomic E-state index is 12.0. The average Bonchev–Trinajstić information content (AvgIpc) is 2.45. The molecule has 2 nitrogen and oxygen atoms in total. The highest BCUT2D eigenvalue weighted by atomic mass is 16.6. The molecule has 4 aliphatic rings. The highest BCUT2D eigenvalue weighted by molar-refractivity contribution is 5.77. The van der Waals surface area contributed by atoms with Crippen molar-refractivity contribution in [3.8, 4) is 0 Å². The maximum Gasteiger partial charge on any atom is 0.307 e. The van der Waals surface area contributed by atoms with Gasteiger partial charge in [-0.1, -0.05) is 27.2 Å². The molecule has 1 aliphatic heterocycles.